The van der Waals surface area contributed by atoms with Gasteiger partial charge in [-0.2, -0.15) is 0 Å². The molecule has 1 fully saturated rings. The van der Waals surface area contributed by atoms with Crippen LogP contribution in [0.2, 0.25) is 0 Å². The van der Waals surface area contributed by atoms with Gasteiger partial charge in [0.15, 0.2) is 0 Å². The summed E-state index contributed by atoms with van der Waals surface area (Å²) in [6, 6.07) is 4.48. The fourth-order valence-electron chi connectivity index (χ4n) is 2.57. The summed E-state index contributed by atoms with van der Waals surface area (Å²) in [6.07, 6.45) is 2.73. The van der Waals surface area contributed by atoms with Crippen molar-refractivity contribution in [2.45, 2.75) is 54.1 Å². The van der Waals surface area contributed by atoms with Crippen LogP contribution in [0, 0.1) is 0 Å². The highest BCUT2D eigenvalue weighted by Gasteiger charge is 2.44. The van der Waals surface area contributed by atoms with Gasteiger partial charge >= 0.3 is 0 Å². The molecule has 2 unspecified atom stereocenters. The number of nitrogens with two attached hydrogens (primary N) is 1. The Bertz CT molecular complexity index is 405. The molecule has 1 heterocycles. The number of carbonyl (C=O) groups excluding carboxylic acids is 1. The zero-order valence-corrected chi connectivity index (χ0v) is 12.4. The highest BCUT2D eigenvalue weighted by molar-refractivity contribution is 8.01. The second-order valence-electron chi connectivity index (χ2n) is 5.16. The van der Waals surface area contributed by atoms with Crippen molar-refractivity contribution in [2.24, 2.45) is 5.73 Å². The molecule has 0 spiro atoms. The number of hydrogen-bond donors (Lipinski definition) is 2. The maximum atomic E-state index is 11.8. The molecule has 1 amide bonds. The van der Waals surface area contributed by atoms with Crippen LogP contribution in [0.25, 0.3) is 0 Å². The molecule has 100 valence electrons. The topological polar surface area (TPSA) is 55.1 Å². The van der Waals surface area contributed by atoms with Crippen molar-refractivity contribution < 1.29 is 4.79 Å². The Kier molecular flexibility index (Phi) is 4.35. The van der Waals surface area contributed by atoms with Crippen molar-refractivity contribution in [3.63, 3.8) is 0 Å². The maximum Gasteiger partial charge on any atom is 0.237 e. The molecule has 1 aromatic heterocycles. The van der Waals surface area contributed by atoms with Crippen molar-refractivity contribution >= 4 is 29.0 Å². The van der Waals surface area contributed by atoms with Gasteiger partial charge in [-0.3, -0.25) is 4.79 Å². The van der Waals surface area contributed by atoms with Gasteiger partial charge in [-0.05, 0) is 44.6 Å². The van der Waals surface area contributed by atoms with E-state index >= 15 is 0 Å². The average molecular weight is 284 g/mol. The zero-order valence-electron chi connectivity index (χ0n) is 10.8. The van der Waals surface area contributed by atoms with Crippen LogP contribution in [0.1, 0.15) is 33.1 Å². The first-order valence-corrected chi connectivity index (χ1v) is 8.05. The van der Waals surface area contributed by atoms with Gasteiger partial charge in [0, 0.05) is 11.3 Å². The van der Waals surface area contributed by atoms with Gasteiger partial charge < -0.3 is 11.1 Å². The third-order valence-corrected chi connectivity index (χ3v) is 5.63. The van der Waals surface area contributed by atoms with Crippen molar-refractivity contribution in [2.75, 3.05) is 0 Å². The molecule has 0 radical (unpaired) electrons. The number of rotatable bonds is 5. The molecule has 0 aliphatic heterocycles. The van der Waals surface area contributed by atoms with Gasteiger partial charge in [0.1, 0.15) is 0 Å². The van der Waals surface area contributed by atoms with Gasteiger partial charge in [-0.1, -0.05) is 6.07 Å². The Morgan fingerprint density at radius 1 is 1.67 bits per heavy atom. The van der Waals surface area contributed by atoms with Crippen LogP contribution < -0.4 is 11.1 Å². The van der Waals surface area contributed by atoms with E-state index in [1.54, 1.807) is 11.3 Å². The van der Waals surface area contributed by atoms with Gasteiger partial charge in [-0.15, -0.1) is 23.1 Å². The molecular formula is C13H20N2OS2. The minimum Gasteiger partial charge on any atom is -0.368 e. The summed E-state index contributed by atoms with van der Waals surface area (Å²) >= 11 is 3.63. The lowest BCUT2D eigenvalue weighted by atomic mass is 9.96. The number of carbonyl (C=O) groups is 1. The van der Waals surface area contributed by atoms with Crippen molar-refractivity contribution in [3.8, 4) is 0 Å². The van der Waals surface area contributed by atoms with Crippen LogP contribution in [0.5, 0.6) is 0 Å². The number of thioether (sulfide) groups is 1. The Morgan fingerprint density at radius 3 is 3.00 bits per heavy atom. The molecule has 0 bridgehead atoms. The van der Waals surface area contributed by atoms with Crippen LogP contribution in [0.4, 0.5) is 0 Å². The van der Waals surface area contributed by atoms with Gasteiger partial charge in [0.05, 0.1) is 9.75 Å². The van der Waals surface area contributed by atoms with Crippen molar-refractivity contribution in [3.05, 3.63) is 17.5 Å². The van der Waals surface area contributed by atoms with Gasteiger partial charge in [0.25, 0.3) is 0 Å². The number of primary amides is 1. The summed E-state index contributed by atoms with van der Waals surface area (Å²) in [5.41, 5.74) is 5.11. The fraction of sp³-hybridized carbons (Fsp3) is 0.615. The molecule has 1 aliphatic rings. The van der Waals surface area contributed by atoms with E-state index in [1.807, 2.05) is 11.8 Å². The second-order valence-corrected chi connectivity index (χ2v) is 7.71. The van der Waals surface area contributed by atoms with Crippen LogP contribution >= 0.6 is 23.1 Å². The van der Waals surface area contributed by atoms with Crippen LogP contribution in [0.15, 0.2) is 21.7 Å². The largest absolute Gasteiger partial charge is 0.368 e. The first-order valence-electron chi connectivity index (χ1n) is 6.29. The Morgan fingerprint density at radius 2 is 2.44 bits per heavy atom. The highest BCUT2D eigenvalue weighted by Crippen LogP contribution is 2.41. The molecule has 0 saturated heterocycles. The summed E-state index contributed by atoms with van der Waals surface area (Å²) in [5.74, 6) is -0.203. The van der Waals surface area contributed by atoms with E-state index in [4.69, 9.17) is 5.73 Å². The quantitative estimate of drug-likeness (QED) is 0.874. The Balaban J connectivity index is 2.01. The molecular weight excluding hydrogens is 264 g/mol. The van der Waals surface area contributed by atoms with Crippen LogP contribution in [0.3, 0.4) is 0 Å². The Labute approximate surface area is 117 Å². The summed E-state index contributed by atoms with van der Waals surface area (Å²) in [5, 5.41) is 5.96. The summed E-state index contributed by atoms with van der Waals surface area (Å²) in [6.45, 7) is 4.12. The molecule has 1 saturated carbocycles. The van der Waals surface area contributed by atoms with E-state index in [0.29, 0.717) is 5.25 Å². The number of thiophene rings is 1. The molecule has 0 aromatic carbocycles. The summed E-state index contributed by atoms with van der Waals surface area (Å²) in [4.78, 5) is 11.8. The molecule has 18 heavy (non-hydrogen) atoms. The SMILES string of the molecule is CC(C)NC1(C(N)=O)CCC(Sc2cccs2)C1. The molecule has 3 nitrogen and oxygen atoms in total. The lowest BCUT2D eigenvalue weighted by molar-refractivity contribution is -0.124. The average Bonchev–Trinajstić information content (AvgIpc) is 2.89. The molecule has 3 N–H and O–H groups in total. The summed E-state index contributed by atoms with van der Waals surface area (Å²) < 4.78 is 1.32. The monoisotopic (exact) mass is 284 g/mol. The number of hydrogen-bond acceptors (Lipinski definition) is 4. The minimum absolute atomic E-state index is 0.203. The van der Waals surface area contributed by atoms with E-state index in [0.717, 1.165) is 19.3 Å². The summed E-state index contributed by atoms with van der Waals surface area (Å²) in [7, 11) is 0. The fourth-order valence-corrected chi connectivity index (χ4v) is 4.91. The van der Waals surface area contributed by atoms with E-state index < -0.39 is 5.54 Å². The van der Waals surface area contributed by atoms with E-state index in [2.05, 4.69) is 36.7 Å². The number of amides is 1. The van der Waals surface area contributed by atoms with Crippen LogP contribution in [-0.2, 0) is 4.79 Å². The van der Waals surface area contributed by atoms with Crippen molar-refractivity contribution in [1.29, 1.82) is 0 Å². The lowest BCUT2D eigenvalue weighted by Gasteiger charge is -2.29. The minimum atomic E-state index is -0.497. The van der Waals surface area contributed by atoms with E-state index in [1.165, 1.54) is 4.21 Å². The first kappa shape index (κ1) is 13.9. The smallest absolute Gasteiger partial charge is 0.237 e. The maximum absolute atomic E-state index is 11.8. The predicted octanol–water partition coefficient (Wildman–Crippen LogP) is 2.61. The normalized spacial score (nSPS) is 27.8. The first-order chi connectivity index (χ1) is 8.52. The standard InChI is InChI=1S/C13H20N2OS2/c1-9(2)15-13(12(14)16)6-5-10(8-13)18-11-4-3-7-17-11/h3-4,7,9-10,15H,5-6,8H2,1-2H3,(H2,14,16). The molecule has 2 rings (SSSR count). The van der Waals surface area contributed by atoms with Crippen LogP contribution in [-0.4, -0.2) is 22.7 Å². The molecule has 2 atom stereocenters. The van der Waals surface area contributed by atoms with Gasteiger partial charge in [-0.25, -0.2) is 0 Å². The third-order valence-electron chi connectivity index (χ3n) is 3.28. The highest BCUT2D eigenvalue weighted by atomic mass is 32.2. The number of nitrogens with one attached hydrogen (secondary N) is 1. The zero-order chi connectivity index (χ0) is 13.2. The molecule has 1 aliphatic carbocycles. The lowest BCUT2D eigenvalue weighted by Crippen LogP contribution is -2.56. The van der Waals surface area contributed by atoms with E-state index in [9.17, 15) is 4.79 Å². The Hall–Kier alpha value is -0.520. The second kappa shape index (κ2) is 5.63. The van der Waals surface area contributed by atoms with E-state index in [-0.39, 0.29) is 11.9 Å². The van der Waals surface area contributed by atoms with Crippen molar-refractivity contribution in [1.82, 2.24) is 5.32 Å². The predicted molar refractivity (Wildman–Crippen MR) is 78.0 cm³/mol. The van der Waals surface area contributed by atoms with Gasteiger partial charge in [0.2, 0.25) is 5.91 Å². The third kappa shape index (κ3) is 3.08. The molecule has 1 aromatic rings. The molecule has 5 heteroatoms.